The fourth-order valence-electron chi connectivity index (χ4n) is 6.48. The highest BCUT2D eigenvalue weighted by Gasteiger charge is 2.37. The van der Waals surface area contributed by atoms with Gasteiger partial charge in [0.15, 0.2) is 5.78 Å². The average Bonchev–Trinajstić information content (AvgIpc) is 3.60. The highest BCUT2D eigenvalue weighted by atomic mass is 32.2. The molecule has 18 heteroatoms. The number of rotatable bonds is 27. The van der Waals surface area contributed by atoms with Crippen molar-refractivity contribution in [3.05, 3.63) is 83.7 Å². The summed E-state index contributed by atoms with van der Waals surface area (Å²) in [7, 11) is 0. The Kier molecular flexibility index (Phi) is 20.9. The number of aliphatic carboxylic acids is 2. The number of aromatic nitrogens is 1. The number of carboxylic acids is 2. The SMILES string of the molecule is CC(C)(C)[C@H](c1cc(-c2cc(F)ccc2F)cn1Cc1ccccc1)N(CCCN)C(=O)CSCCC(=O)NCCCC(=O)CNC(=O)CC(SCC[C@H](N)C(=O)O)C(=O)O. The van der Waals surface area contributed by atoms with Gasteiger partial charge in [0.2, 0.25) is 17.7 Å². The number of nitrogens with one attached hydrogen (secondary N) is 2. The molecule has 0 bridgehead atoms. The van der Waals surface area contributed by atoms with Crippen molar-refractivity contribution in [1.29, 1.82) is 0 Å². The number of carbonyl (C=O) groups excluding carboxylic acids is 4. The molecule has 14 nitrogen and oxygen atoms in total. The zero-order valence-electron chi connectivity index (χ0n) is 34.9. The molecule has 334 valence electrons. The Morgan fingerprint density at radius 2 is 1.62 bits per heavy atom. The van der Waals surface area contributed by atoms with E-state index in [1.807, 2.05) is 61.7 Å². The number of amides is 3. The summed E-state index contributed by atoms with van der Waals surface area (Å²) in [4.78, 5) is 75.4. The molecule has 0 radical (unpaired) electrons. The summed E-state index contributed by atoms with van der Waals surface area (Å²) < 4.78 is 31.4. The van der Waals surface area contributed by atoms with Crippen LogP contribution >= 0.6 is 23.5 Å². The van der Waals surface area contributed by atoms with Crippen LogP contribution in [0.3, 0.4) is 0 Å². The molecular weight excluding hydrogens is 831 g/mol. The third-order valence-corrected chi connectivity index (χ3v) is 11.7. The number of nitrogens with zero attached hydrogens (tertiary/aromatic N) is 2. The summed E-state index contributed by atoms with van der Waals surface area (Å²) in [6, 6.07) is 13.2. The van der Waals surface area contributed by atoms with Gasteiger partial charge in [0.25, 0.3) is 0 Å². The minimum absolute atomic E-state index is 0.0337. The molecule has 2 aromatic carbocycles. The summed E-state index contributed by atoms with van der Waals surface area (Å²) >= 11 is 2.21. The zero-order chi connectivity index (χ0) is 45.1. The van der Waals surface area contributed by atoms with E-state index in [1.165, 1.54) is 11.8 Å². The topological polar surface area (TPSA) is 227 Å². The number of benzene rings is 2. The summed E-state index contributed by atoms with van der Waals surface area (Å²) in [5, 5.41) is 22.3. The molecule has 0 spiro atoms. The number of ketones is 1. The second-order valence-electron chi connectivity index (χ2n) is 15.6. The number of halogens is 2. The van der Waals surface area contributed by atoms with Crippen LogP contribution in [0.25, 0.3) is 11.1 Å². The van der Waals surface area contributed by atoms with Crippen LogP contribution in [0.15, 0.2) is 60.8 Å². The maximum absolute atomic E-state index is 15.1. The monoisotopic (exact) mass is 888 g/mol. The predicted octanol–water partition coefficient (Wildman–Crippen LogP) is 4.83. The molecule has 0 saturated heterocycles. The Morgan fingerprint density at radius 1 is 0.902 bits per heavy atom. The average molecular weight is 889 g/mol. The minimum atomic E-state index is -1.24. The van der Waals surface area contributed by atoms with Gasteiger partial charge in [-0.3, -0.25) is 28.8 Å². The summed E-state index contributed by atoms with van der Waals surface area (Å²) in [6.07, 6.45) is 2.46. The van der Waals surface area contributed by atoms with Crippen molar-refractivity contribution < 1.29 is 47.8 Å². The zero-order valence-corrected chi connectivity index (χ0v) is 36.5. The molecule has 1 heterocycles. The quantitative estimate of drug-likeness (QED) is 0.0566. The predicted molar refractivity (Wildman–Crippen MR) is 234 cm³/mol. The molecule has 3 rings (SSSR count). The third kappa shape index (κ3) is 17.3. The first-order valence-corrected chi connectivity index (χ1v) is 22.3. The molecule has 8 N–H and O–H groups in total. The number of hydrogen-bond acceptors (Lipinski definition) is 10. The number of carbonyl (C=O) groups is 6. The molecule has 3 aromatic rings. The molecule has 1 aromatic heterocycles. The van der Waals surface area contributed by atoms with Crippen LogP contribution in [0.1, 0.15) is 76.6 Å². The lowest BCUT2D eigenvalue weighted by molar-refractivity contribution is -0.139. The van der Waals surface area contributed by atoms with E-state index < -0.39 is 58.6 Å². The van der Waals surface area contributed by atoms with Gasteiger partial charge in [0.1, 0.15) is 22.9 Å². The lowest BCUT2D eigenvalue weighted by Gasteiger charge is -2.41. The molecule has 0 aliphatic heterocycles. The highest BCUT2D eigenvalue weighted by Crippen LogP contribution is 2.41. The second kappa shape index (κ2) is 25.2. The van der Waals surface area contributed by atoms with Crippen molar-refractivity contribution in [1.82, 2.24) is 20.1 Å². The van der Waals surface area contributed by atoms with Gasteiger partial charge in [-0.1, -0.05) is 51.1 Å². The molecule has 1 unspecified atom stereocenters. The van der Waals surface area contributed by atoms with Crippen molar-refractivity contribution in [3.8, 4) is 11.1 Å². The molecule has 0 fully saturated rings. The van der Waals surface area contributed by atoms with Gasteiger partial charge in [-0.25, -0.2) is 8.78 Å². The van der Waals surface area contributed by atoms with E-state index in [4.69, 9.17) is 16.6 Å². The van der Waals surface area contributed by atoms with E-state index in [9.17, 15) is 38.3 Å². The Balaban J connectivity index is 1.54. The number of hydrogen-bond donors (Lipinski definition) is 6. The summed E-state index contributed by atoms with van der Waals surface area (Å²) in [5.41, 5.74) is 13.2. The lowest BCUT2D eigenvalue weighted by atomic mass is 9.83. The van der Waals surface area contributed by atoms with Crippen molar-refractivity contribution in [2.45, 2.75) is 83.2 Å². The van der Waals surface area contributed by atoms with Crippen LogP contribution in [-0.2, 0) is 35.3 Å². The van der Waals surface area contributed by atoms with E-state index in [-0.39, 0.29) is 67.0 Å². The number of nitrogens with two attached hydrogens (primary N) is 2. The number of carboxylic acid groups (broad SMARTS) is 2. The normalized spacial score (nSPS) is 12.9. The molecular formula is C43H58F2N6O8S2. The Hall–Kier alpha value is -4.78. The molecule has 0 aliphatic rings. The maximum Gasteiger partial charge on any atom is 0.320 e. The standard InChI is InChI=1S/C43H58F2N6O8S2/c1-43(2,3)40(35-21-29(32-22-30(44)12-13-33(32)45)26-50(35)25-28-9-5-4-6-10-28)51(18-8-16-46)39(55)27-60-19-15-37(53)48-17-7-11-31(52)24-49-38(54)23-36(42(58)59)61-20-14-34(47)41(56)57/h4-6,9-10,12-13,21-22,26,34,36,40H,7-8,11,14-20,23-25,27,46-47H2,1-3H3,(H,48,53)(H,49,54)(H,56,57)(H,58,59)/t34-,36?,40-/m0/s1. The smallest absolute Gasteiger partial charge is 0.320 e. The van der Waals surface area contributed by atoms with Crippen LogP contribution in [0.5, 0.6) is 0 Å². The molecule has 61 heavy (non-hydrogen) atoms. The van der Waals surface area contributed by atoms with Gasteiger partial charge in [0, 0.05) is 67.7 Å². The summed E-state index contributed by atoms with van der Waals surface area (Å²) in [5.74, 6) is -4.38. The highest BCUT2D eigenvalue weighted by molar-refractivity contribution is 8.00. The van der Waals surface area contributed by atoms with Gasteiger partial charge in [-0.2, -0.15) is 11.8 Å². The van der Waals surface area contributed by atoms with Crippen LogP contribution in [0.4, 0.5) is 8.78 Å². The Morgan fingerprint density at radius 3 is 2.28 bits per heavy atom. The first kappa shape index (κ1) is 50.6. The van der Waals surface area contributed by atoms with Crippen molar-refractivity contribution in [3.63, 3.8) is 0 Å². The first-order valence-electron chi connectivity index (χ1n) is 20.1. The van der Waals surface area contributed by atoms with Gasteiger partial charge < -0.3 is 41.8 Å². The van der Waals surface area contributed by atoms with Crippen LogP contribution in [0.2, 0.25) is 0 Å². The fraction of sp³-hybridized carbons (Fsp3) is 0.488. The molecule has 0 aliphatic carbocycles. The largest absolute Gasteiger partial charge is 0.480 e. The van der Waals surface area contributed by atoms with Crippen molar-refractivity contribution in [2.24, 2.45) is 16.9 Å². The fourth-order valence-corrected chi connectivity index (χ4v) is 8.39. The minimum Gasteiger partial charge on any atom is -0.480 e. The Bertz CT molecular complexity index is 1940. The molecule has 3 amide bonds. The van der Waals surface area contributed by atoms with Gasteiger partial charge >= 0.3 is 11.9 Å². The van der Waals surface area contributed by atoms with E-state index in [1.54, 1.807) is 11.1 Å². The molecule has 0 saturated carbocycles. The third-order valence-electron chi connectivity index (χ3n) is 9.55. The van der Waals surface area contributed by atoms with Gasteiger partial charge in [-0.15, -0.1) is 11.8 Å². The Labute approximate surface area is 363 Å². The van der Waals surface area contributed by atoms with E-state index in [2.05, 4.69) is 10.6 Å². The van der Waals surface area contributed by atoms with E-state index >= 15 is 4.39 Å². The van der Waals surface area contributed by atoms with E-state index in [0.29, 0.717) is 43.8 Å². The number of thioether (sulfide) groups is 2. The van der Waals surface area contributed by atoms with Gasteiger partial charge in [0.05, 0.1) is 18.3 Å². The van der Waals surface area contributed by atoms with Crippen molar-refractivity contribution >= 4 is 59.0 Å². The van der Waals surface area contributed by atoms with Crippen LogP contribution < -0.4 is 22.1 Å². The lowest BCUT2D eigenvalue weighted by Crippen LogP contribution is -2.44. The van der Waals surface area contributed by atoms with Crippen LogP contribution in [-0.4, -0.2) is 110 Å². The number of Topliss-reactive ketones (excluding diaryl/α,β-unsaturated/α-hetero) is 1. The van der Waals surface area contributed by atoms with Crippen LogP contribution in [0, 0.1) is 17.0 Å². The van der Waals surface area contributed by atoms with Crippen molar-refractivity contribution in [2.75, 3.05) is 43.4 Å². The second-order valence-corrected chi connectivity index (χ2v) is 18.0. The first-order chi connectivity index (χ1) is 28.9. The molecule has 3 atom stereocenters. The maximum atomic E-state index is 15.1. The van der Waals surface area contributed by atoms with E-state index in [0.717, 1.165) is 41.2 Å². The summed E-state index contributed by atoms with van der Waals surface area (Å²) in [6.45, 7) is 7.11. The van der Waals surface area contributed by atoms with Gasteiger partial charge in [-0.05, 0) is 66.8 Å².